The number of nitrogens with one attached hydrogen (secondary N) is 1. The molecule has 3 aromatic rings. The molecule has 3 aromatic carbocycles. The van der Waals surface area contributed by atoms with Gasteiger partial charge in [-0.3, -0.25) is 0 Å². The van der Waals surface area contributed by atoms with Gasteiger partial charge in [0.2, 0.25) is 0 Å². The molecule has 0 radical (unpaired) electrons. The highest BCUT2D eigenvalue weighted by Gasteiger charge is 2.28. The fourth-order valence-electron chi connectivity index (χ4n) is 3.77. The number of fused-ring (bicyclic) bond motifs is 3. The first kappa shape index (κ1) is 20.1. The molecule has 152 valence electrons. The minimum Gasteiger partial charge on any atom is -0.449 e. The molecule has 5 heteroatoms. The van der Waals surface area contributed by atoms with Crippen LogP contribution in [0.15, 0.2) is 66.7 Å². The Morgan fingerprint density at radius 2 is 1.71 bits per heavy atom. The highest BCUT2D eigenvalue weighted by Crippen LogP contribution is 2.44. The van der Waals surface area contributed by atoms with Gasteiger partial charge >= 0.3 is 6.09 Å². The number of anilines is 1. The molecular formula is C26H21N3O2. The van der Waals surface area contributed by atoms with Gasteiger partial charge in [-0.25, -0.2) is 4.79 Å². The predicted octanol–water partition coefficient (Wildman–Crippen LogP) is 4.42. The van der Waals surface area contributed by atoms with Gasteiger partial charge < -0.3 is 15.8 Å². The van der Waals surface area contributed by atoms with Gasteiger partial charge in [-0.05, 0) is 40.5 Å². The van der Waals surface area contributed by atoms with E-state index in [1.165, 1.54) is 22.3 Å². The minimum absolute atomic E-state index is 0.0355. The van der Waals surface area contributed by atoms with Gasteiger partial charge in [-0.15, -0.1) is 0 Å². The fraction of sp³-hybridized carbons (Fsp3) is 0.154. The molecule has 0 saturated heterocycles. The van der Waals surface area contributed by atoms with Crippen molar-refractivity contribution < 1.29 is 9.53 Å². The summed E-state index contributed by atoms with van der Waals surface area (Å²) in [5.41, 5.74) is 12.3. The number of rotatable bonds is 4. The number of hydrogen-bond donors (Lipinski definition) is 2. The van der Waals surface area contributed by atoms with Gasteiger partial charge in [0.05, 0.1) is 11.6 Å². The molecule has 1 amide bonds. The lowest BCUT2D eigenvalue weighted by Crippen LogP contribution is -2.26. The summed E-state index contributed by atoms with van der Waals surface area (Å²) in [4.78, 5) is 12.2. The van der Waals surface area contributed by atoms with Crippen molar-refractivity contribution in [2.24, 2.45) is 0 Å². The van der Waals surface area contributed by atoms with E-state index in [1.54, 1.807) is 18.2 Å². The maximum absolute atomic E-state index is 12.2. The zero-order valence-electron chi connectivity index (χ0n) is 16.9. The topological polar surface area (TPSA) is 88.1 Å². The van der Waals surface area contributed by atoms with Crippen molar-refractivity contribution in [1.82, 2.24) is 5.32 Å². The number of nitrogen functional groups attached to an aromatic ring is 1. The number of carbonyl (C=O) groups excluding carboxylic acids is 1. The largest absolute Gasteiger partial charge is 0.449 e. The van der Waals surface area contributed by atoms with Gasteiger partial charge in [0, 0.05) is 30.1 Å². The van der Waals surface area contributed by atoms with Crippen LogP contribution in [-0.2, 0) is 4.74 Å². The summed E-state index contributed by atoms with van der Waals surface area (Å²) in [6.45, 7) is 0.643. The van der Waals surface area contributed by atoms with Crippen LogP contribution in [-0.4, -0.2) is 19.2 Å². The Hall–Kier alpha value is -4.22. The van der Waals surface area contributed by atoms with Gasteiger partial charge in [0.25, 0.3) is 0 Å². The highest BCUT2D eigenvalue weighted by atomic mass is 16.5. The second-order valence-electron chi connectivity index (χ2n) is 7.22. The molecular weight excluding hydrogens is 386 g/mol. The number of nitrogens with two attached hydrogens (primary N) is 1. The summed E-state index contributed by atoms with van der Waals surface area (Å²) >= 11 is 0. The molecule has 0 unspecified atom stereocenters. The summed E-state index contributed by atoms with van der Waals surface area (Å²) in [6.07, 6.45) is -0.0184. The lowest BCUT2D eigenvalue weighted by Gasteiger charge is -2.14. The maximum atomic E-state index is 12.2. The number of carbonyl (C=O) groups is 1. The first-order chi connectivity index (χ1) is 15.2. The Kier molecular flexibility index (Phi) is 5.87. The maximum Gasteiger partial charge on any atom is 0.407 e. The second-order valence-corrected chi connectivity index (χ2v) is 7.22. The summed E-state index contributed by atoms with van der Waals surface area (Å²) in [7, 11) is 0. The van der Waals surface area contributed by atoms with Crippen molar-refractivity contribution in [3.05, 3.63) is 89.0 Å². The number of amides is 1. The lowest BCUT2D eigenvalue weighted by molar-refractivity contribution is 0.143. The van der Waals surface area contributed by atoms with Crippen molar-refractivity contribution in [3.8, 4) is 29.0 Å². The first-order valence-corrected chi connectivity index (χ1v) is 10.0. The zero-order chi connectivity index (χ0) is 21.6. The van der Waals surface area contributed by atoms with E-state index in [9.17, 15) is 4.79 Å². The molecule has 0 heterocycles. The zero-order valence-corrected chi connectivity index (χ0v) is 16.9. The van der Waals surface area contributed by atoms with E-state index in [0.29, 0.717) is 29.8 Å². The molecule has 0 saturated carbocycles. The van der Waals surface area contributed by atoms with Crippen LogP contribution >= 0.6 is 0 Å². The molecule has 0 aromatic heterocycles. The number of alkyl carbamates (subject to hydrolysis) is 1. The number of benzene rings is 3. The van der Waals surface area contributed by atoms with Crippen LogP contribution in [0.2, 0.25) is 0 Å². The molecule has 1 aliphatic rings. The Morgan fingerprint density at radius 3 is 2.39 bits per heavy atom. The first-order valence-electron chi connectivity index (χ1n) is 10.0. The lowest BCUT2D eigenvalue weighted by atomic mass is 9.98. The van der Waals surface area contributed by atoms with Gasteiger partial charge in [0.1, 0.15) is 6.61 Å². The number of hydrogen-bond acceptors (Lipinski definition) is 4. The van der Waals surface area contributed by atoms with Crippen LogP contribution in [0.3, 0.4) is 0 Å². The van der Waals surface area contributed by atoms with Crippen molar-refractivity contribution in [1.29, 1.82) is 5.26 Å². The number of nitriles is 1. The third kappa shape index (κ3) is 4.37. The van der Waals surface area contributed by atoms with Crippen LogP contribution < -0.4 is 11.1 Å². The van der Waals surface area contributed by atoms with Gasteiger partial charge in [0.15, 0.2) is 0 Å². The van der Waals surface area contributed by atoms with E-state index in [-0.39, 0.29) is 12.5 Å². The van der Waals surface area contributed by atoms with Crippen molar-refractivity contribution in [2.75, 3.05) is 18.9 Å². The van der Waals surface area contributed by atoms with Crippen molar-refractivity contribution in [2.45, 2.75) is 12.3 Å². The van der Waals surface area contributed by atoms with E-state index in [1.807, 2.05) is 24.3 Å². The van der Waals surface area contributed by atoms with E-state index in [4.69, 9.17) is 15.7 Å². The molecule has 3 N–H and O–H groups in total. The average Bonchev–Trinajstić information content (AvgIpc) is 3.12. The third-order valence-electron chi connectivity index (χ3n) is 5.27. The Balaban J connectivity index is 1.30. The molecule has 0 spiro atoms. The molecule has 0 aliphatic heterocycles. The molecule has 31 heavy (non-hydrogen) atoms. The Bertz CT molecular complexity index is 1190. The smallest absolute Gasteiger partial charge is 0.407 e. The molecule has 5 nitrogen and oxygen atoms in total. The predicted molar refractivity (Wildman–Crippen MR) is 120 cm³/mol. The quantitative estimate of drug-likeness (QED) is 0.381. The average molecular weight is 407 g/mol. The molecule has 0 atom stereocenters. The van der Waals surface area contributed by atoms with Crippen LogP contribution in [0.4, 0.5) is 10.5 Å². The van der Waals surface area contributed by atoms with Crippen LogP contribution in [0, 0.1) is 23.2 Å². The van der Waals surface area contributed by atoms with E-state index in [0.717, 1.165) is 0 Å². The second kappa shape index (κ2) is 9.07. The van der Waals surface area contributed by atoms with Crippen molar-refractivity contribution in [3.63, 3.8) is 0 Å². The number of nitrogens with zero attached hydrogens (tertiary/aromatic N) is 1. The van der Waals surface area contributed by atoms with Crippen LogP contribution in [0.25, 0.3) is 11.1 Å². The monoisotopic (exact) mass is 407 g/mol. The molecule has 0 bridgehead atoms. The Morgan fingerprint density at radius 1 is 1.03 bits per heavy atom. The third-order valence-corrected chi connectivity index (χ3v) is 5.27. The summed E-state index contributed by atoms with van der Waals surface area (Å²) < 4.78 is 5.50. The van der Waals surface area contributed by atoms with E-state index < -0.39 is 6.09 Å². The Labute approximate surface area is 181 Å². The molecule has 0 fully saturated rings. The van der Waals surface area contributed by atoms with Gasteiger partial charge in [-0.2, -0.15) is 5.26 Å². The van der Waals surface area contributed by atoms with Crippen LogP contribution in [0.1, 0.15) is 34.6 Å². The molecule has 1 aliphatic carbocycles. The summed E-state index contributed by atoms with van der Waals surface area (Å²) in [5.74, 6) is 5.94. The summed E-state index contributed by atoms with van der Waals surface area (Å²) in [5, 5.41) is 11.7. The summed E-state index contributed by atoms with van der Waals surface area (Å²) in [6, 6.07) is 23.5. The van der Waals surface area contributed by atoms with Gasteiger partial charge in [-0.1, -0.05) is 60.4 Å². The highest BCUT2D eigenvalue weighted by molar-refractivity contribution is 5.79. The fourth-order valence-corrected chi connectivity index (χ4v) is 3.77. The van der Waals surface area contributed by atoms with E-state index in [2.05, 4.69) is 47.5 Å². The minimum atomic E-state index is -0.463. The SMILES string of the molecule is N#Cc1ccc(N)c(C#CCCNC(=O)OCC2c3ccccc3-c3ccccc32)c1. The van der Waals surface area contributed by atoms with Crippen molar-refractivity contribution >= 4 is 11.8 Å². The number of ether oxygens (including phenoxy) is 1. The van der Waals surface area contributed by atoms with Crippen LogP contribution in [0.5, 0.6) is 0 Å². The molecule has 4 rings (SSSR count). The standard InChI is InChI=1S/C26H21N3O2/c27-16-18-12-13-25(28)19(15-18)7-5-6-14-29-26(30)31-17-24-22-10-3-1-8-20(22)21-9-2-4-11-23(21)24/h1-4,8-13,15,24H,6,14,17,28H2,(H,29,30). The van der Waals surface area contributed by atoms with E-state index >= 15 is 0 Å². The normalized spacial score (nSPS) is 11.5.